The number of hydrogen-bond acceptors (Lipinski definition) is 5. The van der Waals surface area contributed by atoms with Crippen molar-refractivity contribution in [1.29, 1.82) is 5.26 Å². The highest BCUT2D eigenvalue weighted by molar-refractivity contribution is 8.00. The third-order valence-corrected chi connectivity index (χ3v) is 5.14. The van der Waals surface area contributed by atoms with Gasteiger partial charge in [-0.25, -0.2) is 0 Å². The Kier molecular flexibility index (Phi) is 5.07. The summed E-state index contributed by atoms with van der Waals surface area (Å²) in [5.74, 6) is 0.258. The Hall–Kier alpha value is -1.74. The van der Waals surface area contributed by atoms with Gasteiger partial charge in [-0.1, -0.05) is 19.3 Å². The van der Waals surface area contributed by atoms with Gasteiger partial charge in [-0.2, -0.15) is 5.26 Å². The Labute approximate surface area is 129 Å². The fourth-order valence-corrected chi connectivity index (χ4v) is 3.51. The van der Waals surface area contributed by atoms with Crippen molar-refractivity contribution in [2.24, 2.45) is 0 Å². The fourth-order valence-electron chi connectivity index (χ4n) is 2.66. The van der Waals surface area contributed by atoms with E-state index < -0.39 is 5.54 Å². The number of rotatable bonds is 4. The van der Waals surface area contributed by atoms with Crippen LogP contribution < -0.4 is 5.73 Å². The van der Waals surface area contributed by atoms with Crippen molar-refractivity contribution < 1.29 is 4.79 Å². The molecule has 1 heterocycles. The number of hydrogen-bond donors (Lipinski definition) is 1. The third kappa shape index (κ3) is 3.48. The minimum Gasteiger partial charge on any atom is -0.397 e. The monoisotopic (exact) mass is 304 g/mol. The minimum absolute atomic E-state index is 0.0281. The Bertz CT molecular complexity index is 549. The Morgan fingerprint density at radius 3 is 2.86 bits per heavy atom. The van der Waals surface area contributed by atoms with Crippen molar-refractivity contribution in [3.8, 4) is 6.07 Å². The molecule has 1 aromatic rings. The van der Waals surface area contributed by atoms with Gasteiger partial charge in [0.2, 0.25) is 5.91 Å². The summed E-state index contributed by atoms with van der Waals surface area (Å²) >= 11 is 1.39. The molecule has 0 unspecified atom stereocenters. The normalized spacial score (nSPS) is 17.0. The van der Waals surface area contributed by atoms with Crippen molar-refractivity contribution in [2.75, 3.05) is 18.5 Å². The van der Waals surface area contributed by atoms with E-state index in [0.717, 1.165) is 37.0 Å². The van der Waals surface area contributed by atoms with Crippen LogP contribution in [0.5, 0.6) is 0 Å². The average molecular weight is 304 g/mol. The molecule has 5 nitrogen and oxygen atoms in total. The van der Waals surface area contributed by atoms with Gasteiger partial charge in [0.25, 0.3) is 0 Å². The molecule has 0 radical (unpaired) electrons. The van der Waals surface area contributed by atoms with Gasteiger partial charge in [0.15, 0.2) is 0 Å². The van der Waals surface area contributed by atoms with Crippen LogP contribution >= 0.6 is 11.8 Å². The summed E-state index contributed by atoms with van der Waals surface area (Å²) in [6.07, 6.45) is 7.94. The first kappa shape index (κ1) is 15.6. The average Bonchev–Trinajstić information content (AvgIpc) is 2.53. The number of carbonyl (C=O) groups excluding carboxylic acids is 1. The molecule has 0 spiro atoms. The van der Waals surface area contributed by atoms with Crippen LogP contribution in [0.2, 0.25) is 0 Å². The first-order valence-electron chi connectivity index (χ1n) is 7.09. The molecule has 1 aromatic heterocycles. The van der Waals surface area contributed by atoms with Crippen LogP contribution in [0, 0.1) is 11.3 Å². The molecule has 1 aliphatic rings. The summed E-state index contributed by atoms with van der Waals surface area (Å²) < 4.78 is 0. The van der Waals surface area contributed by atoms with E-state index in [0.29, 0.717) is 5.69 Å². The van der Waals surface area contributed by atoms with Crippen LogP contribution in [0.4, 0.5) is 5.69 Å². The van der Waals surface area contributed by atoms with E-state index in [2.05, 4.69) is 11.1 Å². The van der Waals surface area contributed by atoms with Gasteiger partial charge in [0.05, 0.1) is 23.7 Å². The summed E-state index contributed by atoms with van der Waals surface area (Å²) in [6, 6.07) is 4.17. The number of nitriles is 1. The van der Waals surface area contributed by atoms with Gasteiger partial charge in [0.1, 0.15) is 5.54 Å². The van der Waals surface area contributed by atoms with Crippen LogP contribution in [-0.2, 0) is 4.79 Å². The van der Waals surface area contributed by atoms with Crippen molar-refractivity contribution in [3.05, 3.63) is 18.5 Å². The molecule has 2 rings (SSSR count). The SMILES string of the molecule is CN(C(=O)CSc1ccncc1N)C1(C#N)CCCCC1. The van der Waals surface area contributed by atoms with E-state index >= 15 is 0 Å². The second-order valence-electron chi connectivity index (χ2n) is 5.36. The van der Waals surface area contributed by atoms with Crippen molar-refractivity contribution in [3.63, 3.8) is 0 Å². The molecule has 0 atom stereocenters. The lowest BCUT2D eigenvalue weighted by Crippen LogP contribution is -2.50. The highest BCUT2D eigenvalue weighted by Crippen LogP contribution is 2.33. The largest absolute Gasteiger partial charge is 0.397 e. The van der Waals surface area contributed by atoms with E-state index in [1.807, 2.05) is 0 Å². The summed E-state index contributed by atoms with van der Waals surface area (Å²) in [6.45, 7) is 0. The summed E-state index contributed by atoms with van der Waals surface area (Å²) in [4.78, 5) is 18.8. The lowest BCUT2D eigenvalue weighted by molar-refractivity contribution is -0.131. The Balaban J connectivity index is 1.99. The zero-order chi connectivity index (χ0) is 15.3. The fraction of sp³-hybridized carbons (Fsp3) is 0.533. The molecule has 2 N–H and O–H groups in total. The number of thioether (sulfide) groups is 1. The smallest absolute Gasteiger partial charge is 0.233 e. The van der Waals surface area contributed by atoms with E-state index in [4.69, 9.17) is 5.73 Å². The second-order valence-corrected chi connectivity index (χ2v) is 6.38. The molecule has 1 saturated carbocycles. The summed E-state index contributed by atoms with van der Waals surface area (Å²) in [7, 11) is 1.74. The molecule has 1 fully saturated rings. The number of pyridine rings is 1. The predicted octanol–water partition coefficient (Wildman–Crippen LogP) is 2.44. The predicted molar refractivity (Wildman–Crippen MR) is 83.6 cm³/mol. The van der Waals surface area contributed by atoms with Crippen LogP contribution in [0.25, 0.3) is 0 Å². The van der Waals surface area contributed by atoms with E-state index in [1.54, 1.807) is 30.4 Å². The molecular formula is C15H20N4OS. The lowest BCUT2D eigenvalue weighted by Gasteiger charge is -2.39. The number of carbonyl (C=O) groups is 1. The first-order chi connectivity index (χ1) is 10.1. The number of nitrogens with zero attached hydrogens (tertiary/aromatic N) is 3. The molecule has 0 bridgehead atoms. The van der Waals surface area contributed by atoms with Crippen LogP contribution in [-0.4, -0.2) is 34.1 Å². The molecular weight excluding hydrogens is 284 g/mol. The van der Waals surface area contributed by atoms with Gasteiger partial charge in [0, 0.05) is 18.1 Å². The quantitative estimate of drug-likeness (QED) is 0.864. The van der Waals surface area contributed by atoms with Gasteiger partial charge in [-0.15, -0.1) is 11.8 Å². The third-order valence-electron chi connectivity index (χ3n) is 4.07. The van der Waals surface area contributed by atoms with Crippen LogP contribution in [0.15, 0.2) is 23.4 Å². The molecule has 1 aliphatic carbocycles. The molecule has 21 heavy (non-hydrogen) atoms. The Morgan fingerprint density at radius 2 is 2.24 bits per heavy atom. The van der Waals surface area contributed by atoms with E-state index in [9.17, 15) is 10.1 Å². The molecule has 0 aromatic carbocycles. The zero-order valence-electron chi connectivity index (χ0n) is 12.2. The van der Waals surface area contributed by atoms with E-state index in [1.165, 1.54) is 11.8 Å². The maximum Gasteiger partial charge on any atom is 0.233 e. The molecule has 1 amide bonds. The van der Waals surface area contributed by atoms with Crippen molar-refractivity contribution in [2.45, 2.75) is 42.5 Å². The van der Waals surface area contributed by atoms with Gasteiger partial charge in [-0.3, -0.25) is 9.78 Å². The number of amides is 1. The molecule has 0 aliphatic heterocycles. The molecule has 6 heteroatoms. The summed E-state index contributed by atoms with van der Waals surface area (Å²) in [5.41, 5.74) is 5.77. The number of nitrogens with two attached hydrogens (primary N) is 1. The van der Waals surface area contributed by atoms with Gasteiger partial charge < -0.3 is 10.6 Å². The Morgan fingerprint density at radius 1 is 1.52 bits per heavy atom. The van der Waals surface area contributed by atoms with Crippen molar-refractivity contribution in [1.82, 2.24) is 9.88 Å². The first-order valence-corrected chi connectivity index (χ1v) is 8.08. The maximum atomic E-state index is 12.4. The molecule has 0 saturated heterocycles. The number of nitrogen functional groups attached to an aromatic ring is 1. The minimum atomic E-state index is -0.625. The second kappa shape index (κ2) is 6.81. The van der Waals surface area contributed by atoms with Crippen LogP contribution in [0.3, 0.4) is 0 Å². The summed E-state index contributed by atoms with van der Waals surface area (Å²) in [5, 5.41) is 9.51. The standard InChI is InChI=1S/C15H20N4OS/c1-19(15(11-16)6-3-2-4-7-15)14(20)10-21-13-5-8-18-9-12(13)17/h5,8-9H,2-4,6-7,10,17H2,1H3. The van der Waals surface area contributed by atoms with Crippen molar-refractivity contribution >= 4 is 23.4 Å². The highest BCUT2D eigenvalue weighted by Gasteiger charge is 2.38. The molecule has 112 valence electrons. The zero-order valence-corrected chi connectivity index (χ0v) is 13.0. The highest BCUT2D eigenvalue weighted by atomic mass is 32.2. The van der Waals surface area contributed by atoms with Crippen LogP contribution in [0.1, 0.15) is 32.1 Å². The topological polar surface area (TPSA) is 83.0 Å². The maximum absolute atomic E-state index is 12.4. The lowest BCUT2D eigenvalue weighted by atomic mass is 9.81. The number of anilines is 1. The van der Waals surface area contributed by atoms with Gasteiger partial charge in [-0.05, 0) is 18.9 Å². The number of aromatic nitrogens is 1. The van der Waals surface area contributed by atoms with Gasteiger partial charge >= 0.3 is 0 Å². The van der Waals surface area contributed by atoms with E-state index in [-0.39, 0.29) is 11.7 Å².